The number of sulfonamides is 1. The zero-order valence-electron chi connectivity index (χ0n) is 13.1. The number of rotatable bonds is 7. The number of carbonyl (C=O) groups excluding carboxylic acids is 1. The van der Waals surface area contributed by atoms with Gasteiger partial charge < -0.3 is 4.74 Å². The van der Waals surface area contributed by atoms with Crippen LogP contribution in [-0.2, 0) is 14.8 Å². The standard InChI is InChI=1S/C16H14F2N2O5S/c17-16(18)25-13-7-5-12(6-8-13)20-26(23,24)14-3-1-2-11(10-14)4-9-15(21)19-22/h1-10,16,20,22H,(H,19,21). The van der Waals surface area contributed by atoms with Crippen molar-refractivity contribution in [2.75, 3.05) is 4.72 Å². The Morgan fingerprint density at radius 2 is 1.85 bits per heavy atom. The second kappa shape index (κ2) is 8.41. The van der Waals surface area contributed by atoms with Crippen LogP contribution >= 0.6 is 0 Å². The highest BCUT2D eigenvalue weighted by atomic mass is 32.2. The molecule has 10 heteroatoms. The lowest BCUT2D eigenvalue weighted by Crippen LogP contribution is -2.15. The number of halogens is 2. The highest BCUT2D eigenvalue weighted by Crippen LogP contribution is 2.21. The van der Waals surface area contributed by atoms with E-state index >= 15 is 0 Å². The normalized spacial score (nSPS) is 11.5. The SMILES string of the molecule is O=C(C=Cc1cccc(S(=O)(=O)Nc2ccc(OC(F)F)cc2)c1)NO. The molecule has 138 valence electrons. The Kier molecular flexibility index (Phi) is 6.26. The Morgan fingerprint density at radius 1 is 1.15 bits per heavy atom. The molecule has 3 N–H and O–H groups in total. The van der Waals surface area contributed by atoms with Crippen LogP contribution in [0, 0.1) is 0 Å². The Hall–Kier alpha value is -2.98. The molecule has 0 aliphatic rings. The molecule has 26 heavy (non-hydrogen) atoms. The van der Waals surface area contributed by atoms with Gasteiger partial charge in [0.05, 0.1) is 4.90 Å². The number of benzene rings is 2. The van der Waals surface area contributed by atoms with Crippen LogP contribution in [0.2, 0.25) is 0 Å². The van der Waals surface area contributed by atoms with Crippen molar-refractivity contribution in [3.63, 3.8) is 0 Å². The molecule has 2 aromatic carbocycles. The summed E-state index contributed by atoms with van der Waals surface area (Å²) < 4.78 is 55.5. The third-order valence-corrected chi connectivity index (χ3v) is 4.42. The van der Waals surface area contributed by atoms with Crippen LogP contribution in [-0.4, -0.2) is 26.1 Å². The van der Waals surface area contributed by atoms with Crippen LogP contribution in [0.3, 0.4) is 0 Å². The fraction of sp³-hybridized carbons (Fsp3) is 0.0625. The second-order valence-corrected chi connectivity index (χ2v) is 6.57. The van der Waals surface area contributed by atoms with Crippen molar-refractivity contribution in [1.82, 2.24) is 5.48 Å². The molecule has 0 aromatic heterocycles. The molecular formula is C16H14F2N2O5S. The molecule has 0 saturated heterocycles. The van der Waals surface area contributed by atoms with E-state index in [9.17, 15) is 22.0 Å². The van der Waals surface area contributed by atoms with Crippen molar-refractivity contribution in [3.8, 4) is 5.75 Å². The third kappa shape index (κ3) is 5.53. The summed E-state index contributed by atoms with van der Waals surface area (Å²) in [6.07, 6.45) is 2.35. The van der Waals surface area contributed by atoms with Gasteiger partial charge in [0.1, 0.15) is 5.75 Å². The number of alkyl halides is 2. The number of hydrogen-bond acceptors (Lipinski definition) is 5. The zero-order valence-corrected chi connectivity index (χ0v) is 13.9. The quantitative estimate of drug-likeness (QED) is 0.387. The number of carbonyl (C=O) groups is 1. The average molecular weight is 384 g/mol. The Morgan fingerprint density at radius 3 is 2.46 bits per heavy atom. The number of ether oxygens (including phenoxy) is 1. The van der Waals surface area contributed by atoms with Gasteiger partial charge in [0.25, 0.3) is 15.9 Å². The van der Waals surface area contributed by atoms with Gasteiger partial charge in [0, 0.05) is 11.8 Å². The van der Waals surface area contributed by atoms with E-state index in [1.165, 1.54) is 54.0 Å². The summed E-state index contributed by atoms with van der Waals surface area (Å²) in [5.74, 6) is -0.861. The van der Waals surface area contributed by atoms with Crippen LogP contribution in [0.5, 0.6) is 5.75 Å². The van der Waals surface area contributed by atoms with Crippen molar-refractivity contribution >= 4 is 27.7 Å². The minimum absolute atomic E-state index is 0.0723. The van der Waals surface area contributed by atoms with Gasteiger partial charge in [-0.2, -0.15) is 8.78 Å². The highest BCUT2D eigenvalue weighted by molar-refractivity contribution is 7.92. The molecule has 0 saturated carbocycles. The van der Waals surface area contributed by atoms with E-state index in [-0.39, 0.29) is 16.3 Å². The largest absolute Gasteiger partial charge is 0.435 e. The monoisotopic (exact) mass is 384 g/mol. The Labute approximate surface area is 147 Å². The third-order valence-electron chi connectivity index (χ3n) is 3.04. The molecule has 0 bridgehead atoms. The van der Waals surface area contributed by atoms with Crippen molar-refractivity contribution in [2.45, 2.75) is 11.5 Å². The van der Waals surface area contributed by atoms with Crippen LogP contribution in [0.1, 0.15) is 5.56 Å². The minimum atomic E-state index is -3.94. The van der Waals surface area contributed by atoms with Gasteiger partial charge in [0.2, 0.25) is 0 Å². The fourth-order valence-corrected chi connectivity index (χ4v) is 3.03. The van der Waals surface area contributed by atoms with Gasteiger partial charge >= 0.3 is 6.61 Å². The molecule has 2 aromatic rings. The molecule has 0 aliphatic carbocycles. The first kappa shape index (κ1) is 19.3. The van der Waals surface area contributed by atoms with E-state index in [4.69, 9.17) is 5.21 Å². The van der Waals surface area contributed by atoms with Gasteiger partial charge in [-0.05, 0) is 48.0 Å². The molecule has 0 aliphatic heterocycles. The van der Waals surface area contributed by atoms with Crippen molar-refractivity contribution < 1.29 is 31.9 Å². The number of hydrogen-bond donors (Lipinski definition) is 3. The summed E-state index contributed by atoms with van der Waals surface area (Å²) >= 11 is 0. The van der Waals surface area contributed by atoms with Gasteiger partial charge in [-0.25, -0.2) is 13.9 Å². The second-order valence-electron chi connectivity index (χ2n) is 4.89. The minimum Gasteiger partial charge on any atom is -0.435 e. The molecular weight excluding hydrogens is 370 g/mol. The molecule has 0 spiro atoms. The lowest BCUT2D eigenvalue weighted by atomic mass is 10.2. The molecule has 0 fully saturated rings. The molecule has 1 amide bonds. The van der Waals surface area contributed by atoms with Gasteiger partial charge in [0.15, 0.2) is 0 Å². The van der Waals surface area contributed by atoms with E-state index in [0.29, 0.717) is 5.56 Å². The van der Waals surface area contributed by atoms with Crippen molar-refractivity contribution in [1.29, 1.82) is 0 Å². The first-order chi connectivity index (χ1) is 12.3. The van der Waals surface area contributed by atoms with Gasteiger partial charge in [-0.15, -0.1) is 0 Å². The predicted octanol–water partition coefficient (Wildman–Crippen LogP) is 2.61. The smallest absolute Gasteiger partial charge is 0.387 e. The van der Waals surface area contributed by atoms with Crippen LogP contribution in [0.4, 0.5) is 14.5 Å². The summed E-state index contributed by atoms with van der Waals surface area (Å²) in [6, 6.07) is 10.7. The van der Waals surface area contributed by atoms with Gasteiger partial charge in [-0.3, -0.25) is 14.7 Å². The maximum Gasteiger partial charge on any atom is 0.387 e. The van der Waals surface area contributed by atoms with E-state index in [1.54, 1.807) is 6.07 Å². The van der Waals surface area contributed by atoms with Crippen LogP contribution in [0.15, 0.2) is 59.5 Å². The van der Waals surface area contributed by atoms with Crippen molar-refractivity contribution in [3.05, 3.63) is 60.2 Å². The fourth-order valence-electron chi connectivity index (χ4n) is 1.91. The molecule has 0 atom stereocenters. The van der Waals surface area contributed by atoms with Crippen LogP contribution in [0.25, 0.3) is 6.08 Å². The summed E-state index contributed by atoms with van der Waals surface area (Å²) in [7, 11) is -3.94. The van der Waals surface area contributed by atoms with Crippen molar-refractivity contribution in [2.24, 2.45) is 0 Å². The lowest BCUT2D eigenvalue weighted by Gasteiger charge is -2.10. The summed E-state index contributed by atoms with van der Waals surface area (Å²) in [4.78, 5) is 10.9. The number of anilines is 1. The Balaban J connectivity index is 2.17. The molecule has 2 rings (SSSR count). The van der Waals surface area contributed by atoms with Crippen LogP contribution < -0.4 is 14.9 Å². The molecule has 0 radical (unpaired) electrons. The first-order valence-electron chi connectivity index (χ1n) is 7.10. The van der Waals surface area contributed by atoms with E-state index in [0.717, 1.165) is 6.08 Å². The number of hydroxylamine groups is 1. The molecule has 0 unspecified atom stereocenters. The summed E-state index contributed by atoms with van der Waals surface area (Å²) in [5, 5.41) is 8.42. The highest BCUT2D eigenvalue weighted by Gasteiger charge is 2.14. The topological polar surface area (TPSA) is 105 Å². The molecule has 7 nitrogen and oxygen atoms in total. The first-order valence-corrected chi connectivity index (χ1v) is 8.58. The summed E-state index contributed by atoms with van der Waals surface area (Å²) in [5.41, 5.74) is 1.99. The maximum absolute atomic E-state index is 12.4. The maximum atomic E-state index is 12.4. The lowest BCUT2D eigenvalue weighted by molar-refractivity contribution is -0.124. The average Bonchev–Trinajstić information content (AvgIpc) is 2.61. The van der Waals surface area contributed by atoms with E-state index < -0.39 is 22.5 Å². The Bertz CT molecular complexity index is 899. The predicted molar refractivity (Wildman–Crippen MR) is 89.3 cm³/mol. The van der Waals surface area contributed by atoms with E-state index in [1.807, 2.05) is 0 Å². The zero-order chi connectivity index (χ0) is 19.2. The molecule has 0 heterocycles. The number of amides is 1. The van der Waals surface area contributed by atoms with Gasteiger partial charge in [-0.1, -0.05) is 12.1 Å². The number of nitrogens with one attached hydrogen (secondary N) is 2. The van der Waals surface area contributed by atoms with E-state index in [2.05, 4.69) is 9.46 Å². The summed E-state index contributed by atoms with van der Waals surface area (Å²) in [6.45, 7) is -2.97.